The van der Waals surface area contributed by atoms with Gasteiger partial charge in [0.05, 0.1) is 6.61 Å². The summed E-state index contributed by atoms with van der Waals surface area (Å²) in [5.41, 5.74) is 5.11. The first-order chi connectivity index (χ1) is 13.7. The molecule has 142 valence electrons. The molecule has 0 radical (unpaired) electrons. The molecular weight excluding hydrogens is 369 g/mol. The molecule has 3 aromatic rings. The molecule has 28 heavy (non-hydrogen) atoms. The summed E-state index contributed by atoms with van der Waals surface area (Å²) in [6.07, 6.45) is 0. The van der Waals surface area contributed by atoms with E-state index in [1.165, 1.54) is 0 Å². The monoisotopic (exact) mass is 391 g/mol. The quantitative estimate of drug-likeness (QED) is 0.507. The lowest BCUT2D eigenvalue weighted by molar-refractivity contribution is -0.211. The van der Waals surface area contributed by atoms with Crippen LogP contribution < -0.4 is 9.79 Å². The van der Waals surface area contributed by atoms with Crippen molar-refractivity contribution in [1.29, 1.82) is 0 Å². The van der Waals surface area contributed by atoms with Gasteiger partial charge < -0.3 is 9.79 Å². The largest absolute Gasteiger partial charge is 0.628 e. The zero-order valence-electron chi connectivity index (χ0n) is 15.7. The summed E-state index contributed by atoms with van der Waals surface area (Å²) >= 11 is 0. The van der Waals surface area contributed by atoms with E-state index >= 15 is 0 Å². The van der Waals surface area contributed by atoms with Gasteiger partial charge in [-0.2, -0.15) is 0 Å². The lowest BCUT2D eigenvalue weighted by atomic mass is 10.1. The van der Waals surface area contributed by atoms with Crippen LogP contribution in [0.15, 0.2) is 90.7 Å². The molecule has 1 atom stereocenters. The predicted molar refractivity (Wildman–Crippen MR) is 114 cm³/mol. The van der Waals surface area contributed by atoms with E-state index in [0.717, 1.165) is 28.2 Å². The van der Waals surface area contributed by atoms with Crippen LogP contribution in [0.3, 0.4) is 0 Å². The molecule has 0 aromatic heterocycles. The number of benzene rings is 3. The molecule has 4 nitrogen and oxygen atoms in total. The number of para-hydroxylation sites is 2. The van der Waals surface area contributed by atoms with Gasteiger partial charge in [-0.15, -0.1) is 0 Å². The predicted octanol–water partition coefficient (Wildman–Crippen LogP) is 5.69. The second-order valence-electron chi connectivity index (χ2n) is 6.44. The average molecular weight is 391 g/mol. The fourth-order valence-electron chi connectivity index (χ4n) is 3.26. The van der Waals surface area contributed by atoms with Crippen molar-refractivity contribution in [3.8, 4) is 0 Å². The maximum Gasteiger partial charge on any atom is 0.264 e. The van der Waals surface area contributed by atoms with Crippen LogP contribution in [-0.2, 0) is 9.05 Å². The summed E-state index contributed by atoms with van der Waals surface area (Å²) in [7, 11) is -3.09. The standard InChI is InChI=1S/C23H22NO3P/c1-2-26-28(25)18-20(17-27-28)19-13-15-23(16-14-19)24(21-9-5-3-6-10-21)22-11-7-4-8-12-22/h3-16,18H,2,17H2,1H3. The van der Waals surface area contributed by atoms with Gasteiger partial charge in [0.1, 0.15) is 12.4 Å². The van der Waals surface area contributed by atoms with Gasteiger partial charge in [0.15, 0.2) is 0 Å². The Hall–Kier alpha value is -2.49. The number of anilines is 3. The summed E-state index contributed by atoms with van der Waals surface area (Å²) in [5, 5.41) is 0. The molecule has 0 N–H and O–H groups in total. The van der Waals surface area contributed by atoms with Crippen molar-refractivity contribution < 1.29 is 13.9 Å². The minimum Gasteiger partial charge on any atom is -0.628 e. The van der Waals surface area contributed by atoms with Crippen LogP contribution in [0.5, 0.6) is 0 Å². The maximum atomic E-state index is 12.4. The molecule has 3 aromatic carbocycles. The molecule has 0 fully saturated rings. The van der Waals surface area contributed by atoms with E-state index in [1.807, 2.05) is 55.5 Å². The zero-order valence-corrected chi connectivity index (χ0v) is 16.6. The summed E-state index contributed by atoms with van der Waals surface area (Å²) in [5.74, 6) is 1.64. The Kier molecular flexibility index (Phi) is 5.56. The van der Waals surface area contributed by atoms with Crippen LogP contribution in [0.2, 0.25) is 0 Å². The smallest absolute Gasteiger partial charge is 0.264 e. The van der Waals surface area contributed by atoms with Crippen LogP contribution in [0.4, 0.5) is 17.1 Å². The van der Waals surface area contributed by atoms with E-state index in [0.29, 0.717) is 13.2 Å². The average Bonchev–Trinajstić information content (AvgIpc) is 3.12. The van der Waals surface area contributed by atoms with Gasteiger partial charge in [-0.25, -0.2) is 9.05 Å². The number of hydrogen-bond acceptors (Lipinski definition) is 4. The molecule has 1 unspecified atom stereocenters. The molecule has 0 aliphatic carbocycles. The van der Waals surface area contributed by atoms with E-state index in [1.54, 1.807) is 5.82 Å². The Labute approximate surface area is 166 Å². The molecular formula is C23H22NO3P. The van der Waals surface area contributed by atoms with Gasteiger partial charge in [-0.3, -0.25) is 0 Å². The van der Waals surface area contributed by atoms with Crippen molar-refractivity contribution in [2.45, 2.75) is 6.92 Å². The molecule has 5 heteroatoms. The van der Waals surface area contributed by atoms with E-state index in [9.17, 15) is 4.89 Å². The molecule has 1 aliphatic rings. The highest BCUT2D eigenvalue weighted by Gasteiger charge is 2.35. The van der Waals surface area contributed by atoms with Gasteiger partial charge in [-0.1, -0.05) is 48.5 Å². The Morgan fingerprint density at radius 1 is 0.857 bits per heavy atom. The van der Waals surface area contributed by atoms with Crippen molar-refractivity contribution in [2.75, 3.05) is 18.1 Å². The lowest BCUT2D eigenvalue weighted by Gasteiger charge is -2.25. The topological polar surface area (TPSA) is 44.8 Å². The van der Waals surface area contributed by atoms with E-state index in [-0.39, 0.29) is 0 Å². The molecule has 0 bridgehead atoms. The summed E-state index contributed by atoms with van der Waals surface area (Å²) in [6, 6.07) is 28.7. The Bertz CT molecular complexity index is 905. The number of hydrogen-bond donors (Lipinski definition) is 0. The summed E-state index contributed by atoms with van der Waals surface area (Å²) < 4.78 is 10.7. The number of nitrogens with zero attached hydrogens (tertiary/aromatic N) is 1. The molecule has 0 saturated heterocycles. The van der Waals surface area contributed by atoms with Crippen LogP contribution in [-0.4, -0.2) is 13.2 Å². The Balaban J connectivity index is 1.66. The first-order valence-electron chi connectivity index (χ1n) is 9.30. The number of rotatable bonds is 6. The minimum atomic E-state index is -3.09. The Morgan fingerprint density at radius 3 is 1.93 bits per heavy atom. The van der Waals surface area contributed by atoms with Crippen LogP contribution in [0.1, 0.15) is 12.5 Å². The van der Waals surface area contributed by atoms with Crippen LogP contribution >= 0.6 is 7.94 Å². The fraction of sp³-hybridized carbons (Fsp3) is 0.130. The molecule has 0 amide bonds. The van der Waals surface area contributed by atoms with Crippen molar-refractivity contribution in [3.63, 3.8) is 0 Å². The first-order valence-corrected chi connectivity index (χ1v) is 10.9. The highest BCUT2D eigenvalue weighted by atomic mass is 31.2. The highest BCUT2D eigenvalue weighted by Crippen LogP contribution is 2.60. The SMILES string of the molecule is CCO[P+]1([O-])C=C(c2ccc(N(c3ccccc3)c3ccccc3)cc2)CO1. The first kappa shape index (κ1) is 18.9. The third-order valence-corrected chi connectivity index (χ3v) is 6.28. The van der Waals surface area contributed by atoms with Crippen molar-refractivity contribution >= 4 is 30.6 Å². The molecule has 4 rings (SSSR count). The molecule has 1 heterocycles. The van der Waals surface area contributed by atoms with E-state index < -0.39 is 7.94 Å². The van der Waals surface area contributed by atoms with Gasteiger partial charge in [-0.05, 0) is 48.9 Å². The third kappa shape index (κ3) is 4.01. The highest BCUT2D eigenvalue weighted by molar-refractivity contribution is 7.63. The van der Waals surface area contributed by atoms with Crippen molar-refractivity contribution in [3.05, 3.63) is 96.3 Å². The molecule has 0 saturated carbocycles. The summed E-state index contributed by atoms with van der Waals surface area (Å²) in [4.78, 5) is 14.6. The zero-order chi connectivity index (χ0) is 19.4. The normalized spacial score (nSPS) is 18.7. The second-order valence-corrected chi connectivity index (χ2v) is 8.29. The van der Waals surface area contributed by atoms with Gasteiger partial charge in [0.2, 0.25) is 0 Å². The van der Waals surface area contributed by atoms with Crippen molar-refractivity contribution in [2.24, 2.45) is 0 Å². The summed E-state index contributed by atoms with van der Waals surface area (Å²) in [6.45, 7) is 2.48. The fourth-order valence-corrected chi connectivity index (χ4v) is 4.77. The van der Waals surface area contributed by atoms with Crippen LogP contribution in [0.25, 0.3) is 5.57 Å². The van der Waals surface area contributed by atoms with Gasteiger partial charge in [0, 0.05) is 22.6 Å². The van der Waals surface area contributed by atoms with E-state index in [4.69, 9.17) is 9.05 Å². The molecule has 1 aliphatic heterocycles. The second kappa shape index (κ2) is 8.26. The maximum absolute atomic E-state index is 12.4. The molecule has 0 spiro atoms. The third-order valence-electron chi connectivity index (χ3n) is 4.55. The van der Waals surface area contributed by atoms with E-state index in [2.05, 4.69) is 41.3 Å². The minimum absolute atomic E-state index is 0.303. The van der Waals surface area contributed by atoms with Gasteiger partial charge in [0.25, 0.3) is 7.94 Å². The lowest BCUT2D eigenvalue weighted by Crippen LogP contribution is -2.10. The van der Waals surface area contributed by atoms with Gasteiger partial charge >= 0.3 is 0 Å². The van der Waals surface area contributed by atoms with Crippen LogP contribution in [0, 0.1) is 0 Å². The van der Waals surface area contributed by atoms with Crippen molar-refractivity contribution in [1.82, 2.24) is 0 Å². The Morgan fingerprint density at radius 2 is 1.39 bits per heavy atom.